The van der Waals surface area contributed by atoms with Crippen molar-refractivity contribution in [3.63, 3.8) is 0 Å². The SMILES string of the molecule is CN=C(NCCc1c[nH]c2ncccc12)NC1CN(C2CC2)CC1C. The molecule has 6 nitrogen and oxygen atoms in total. The second-order valence-electron chi connectivity index (χ2n) is 7.38. The van der Waals surface area contributed by atoms with E-state index in [-0.39, 0.29) is 0 Å². The van der Waals surface area contributed by atoms with E-state index in [1.54, 1.807) is 0 Å². The maximum atomic E-state index is 4.41. The zero-order valence-electron chi connectivity index (χ0n) is 15.1. The molecule has 0 amide bonds. The first-order chi connectivity index (χ1) is 12.2. The van der Waals surface area contributed by atoms with Gasteiger partial charge < -0.3 is 15.6 Å². The lowest BCUT2D eigenvalue weighted by atomic mass is 10.1. The highest BCUT2D eigenvalue weighted by Crippen LogP contribution is 2.31. The van der Waals surface area contributed by atoms with Crippen molar-refractivity contribution in [3.8, 4) is 0 Å². The number of H-pyrrole nitrogens is 1. The molecule has 0 aromatic carbocycles. The van der Waals surface area contributed by atoms with E-state index >= 15 is 0 Å². The van der Waals surface area contributed by atoms with Crippen LogP contribution in [0, 0.1) is 5.92 Å². The number of rotatable bonds is 5. The minimum Gasteiger partial charge on any atom is -0.356 e. The van der Waals surface area contributed by atoms with Crippen molar-refractivity contribution in [2.45, 2.75) is 38.3 Å². The van der Waals surface area contributed by atoms with Crippen LogP contribution >= 0.6 is 0 Å². The zero-order chi connectivity index (χ0) is 17.2. The quantitative estimate of drug-likeness (QED) is 0.573. The number of fused-ring (bicyclic) bond motifs is 1. The third-order valence-electron chi connectivity index (χ3n) is 5.47. The van der Waals surface area contributed by atoms with Crippen molar-refractivity contribution < 1.29 is 0 Å². The summed E-state index contributed by atoms with van der Waals surface area (Å²) in [6, 6.07) is 5.44. The molecule has 1 saturated carbocycles. The second-order valence-corrected chi connectivity index (χ2v) is 7.38. The van der Waals surface area contributed by atoms with Crippen LogP contribution in [-0.4, -0.2) is 59.6 Å². The molecule has 4 rings (SSSR count). The Morgan fingerprint density at radius 2 is 2.28 bits per heavy atom. The molecule has 2 aromatic heterocycles. The lowest BCUT2D eigenvalue weighted by Gasteiger charge is -2.20. The van der Waals surface area contributed by atoms with Gasteiger partial charge in [0.1, 0.15) is 5.65 Å². The maximum absolute atomic E-state index is 4.41. The van der Waals surface area contributed by atoms with E-state index in [0.717, 1.165) is 37.2 Å². The predicted molar refractivity (Wildman–Crippen MR) is 102 cm³/mol. The summed E-state index contributed by atoms with van der Waals surface area (Å²) < 4.78 is 0. The molecule has 2 atom stereocenters. The van der Waals surface area contributed by atoms with Gasteiger partial charge in [0.25, 0.3) is 0 Å². The van der Waals surface area contributed by atoms with Crippen LogP contribution < -0.4 is 10.6 Å². The van der Waals surface area contributed by atoms with Gasteiger partial charge in [-0.25, -0.2) is 4.98 Å². The lowest BCUT2D eigenvalue weighted by Crippen LogP contribution is -2.47. The van der Waals surface area contributed by atoms with Gasteiger partial charge in [-0.2, -0.15) is 0 Å². The van der Waals surface area contributed by atoms with Crippen LogP contribution in [-0.2, 0) is 6.42 Å². The summed E-state index contributed by atoms with van der Waals surface area (Å²) in [4.78, 5) is 14.6. The largest absolute Gasteiger partial charge is 0.356 e. The number of guanidine groups is 1. The molecule has 2 aromatic rings. The molecule has 0 spiro atoms. The minimum absolute atomic E-state index is 0.490. The molecule has 3 N–H and O–H groups in total. The molecule has 1 aliphatic carbocycles. The van der Waals surface area contributed by atoms with E-state index in [1.165, 1.54) is 30.3 Å². The first-order valence-electron chi connectivity index (χ1n) is 9.37. The summed E-state index contributed by atoms with van der Waals surface area (Å²) in [5, 5.41) is 8.29. The minimum atomic E-state index is 0.490. The summed E-state index contributed by atoms with van der Waals surface area (Å²) in [5.74, 6) is 1.58. The van der Waals surface area contributed by atoms with Gasteiger partial charge in [0.2, 0.25) is 0 Å². The molecule has 6 heteroatoms. The van der Waals surface area contributed by atoms with Crippen molar-refractivity contribution in [1.29, 1.82) is 0 Å². The van der Waals surface area contributed by atoms with Crippen LogP contribution in [0.15, 0.2) is 29.5 Å². The Morgan fingerprint density at radius 1 is 1.40 bits per heavy atom. The van der Waals surface area contributed by atoms with E-state index in [1.807, 2.05) is 19.3 Å². The Bertz CT molecular complexity index is 747. The van der Waals surface area contributed by atoms with E-state index in [4.69, 9.17) is 0 Å². The topological polar surface area (TPSA) is 68.3 Å². The number of likely N-dealkylation sites (tertiary alicyclic amines) is 1. The zero-order valence-corrected chi connectivity index (χ0v) is 15.1. The van der Waals surface area contributed by atoms with E-state index in [0.29, 0.717) is 12.0 Å². The van der Waals surface area contributed by atoms with E-state index < -0.39 is 0 Å². The van der Waals surface area contributed by atoms with Crippen LogP contribution in [0.3, 0.4) is 0 Å². The van der Waals surface area contributed by atoms with E-state index in [2.05, 4.69) is 49.7 Å². The molecule has 1 saturated heterocycles. The van der Waals surface area contributed by atoms with Gasteiger partial charge in [-0.05, 0) is 42.9 Å². The molecule has 1 aliphatic heterocycles. The molecule has 25 heavy (non-hydrogen) atoms. The standard InChI is InChI=1S/C19H28N6/c1-13-11-25(15-5-6-15)12-17(13)24-19(20-2)22-9-7-14-10-23-18-16(14)4-3-8-21-18/h3-4,8,10,13,15,17H,5-7,9,11-12H2,1-2H3,(H,21,23)(H2,20,22,24). The lowest BCUT2D eigenvalue weighted by molar-refractivity contribution is 0.315. The van der Waals surface area contributed by atoms with Gasteiger partial charge in [0.15, 0.2) is 5.96 Å². The highest BCUT2D eigenvalue weighted by atomic mass is 15.3. The van der Waals surface area contributed by atoms with E-state index in [9.17, 15) is 0 Å². The van der Waals surface area contributed by atoms with Crippen LogP contribution in [0.2, 0.25) is 0 Å². The molecular formula is C19H28N6. The average Bonchev–Trinajstić information content (AvgIpc) is 3.31. The number of pyridine rings is 1. The Morgan fingerprint density at radius 3 is 3.08 bits per heavy atom. The fourth-order valence-electron chi connectivity index (χ4n) is 3.84. The first kappa shape index (κ1) is 16.4. The number of nitrogens with zero attached hydrogens (tertiary/aromatic N) is 3. The third-order valence-corrected chi connectivity index (χ3v) is 5.47. The number of aromatic nitrogens is 2. The van der Waals surface area contributed by atoms with Gasteiger partial charge >= 0.3 is 0 Å². The number of aromatic amines is 1. The van der Waals surface area contributed by atoms with Crippen LogP contribution in [0.25, 0.3) is 11.0 Å². The Labute approximate surface area is 149 Å². The Balaban J connectivity index is 1.29. The summed E-state index contributed by atoms with van der Waals surface area (Å²) in [6.45, 7) is 5.55. The van der Waals surface area contributed by atoms with Gasteiger partial charge in [-0.15, -0.1) is 0 Å². The highest BCUT2D eigenvalue weighted by Gasteiger charge is 2.38. The third kappa shape index (κ3) is 3.63. The van der Waals surface area contributed by atoms with Crippen molar-refractivity contribution in [2.75, 3.05) is 26.7 Å². The number of aliphatic imine (C=N–C) groups is 1. The number of hydrogen-bond donors (Lipinski definition) is 3. The second kappa shape index (κ2) is 7.04. The smallest absolute Gasteiger partial charge is 0.191 e. The Hall–Kier alpha value is -2.08. The van der Waals surface area contributed by atoms with Crippen molar-refractivity contribution >= 4 is 17.0 Å². The molecule has 2 fully saturated rings. The van der Waals surface area contributed by atoms with Gasteiger partial charge in [-0.1, -0.05) is 6.92 Å². The molecular weight excluding hydrogens is 312 g/mol. The van der Waals surface area contributed by atoms with Crippen molar-refractivity contribution in [2.24, 2.45) is 10.9 Å². The summed E-state index contributed by atoms with van der Waals surface area (Å²) in [7, 11) is 1.85. The highest BCUT2D eigenvalue weighted by molar-refractivity contribution is 5.81. The summed E-state index contributed by atoms with van der Waals surface area (Å²) in [6.07, 6.45) is 7.58. The number of hydrogen-bond acceptors (Lipinski definition) is 3. The summed E-state index contributed by atoms with van der Waals surface area (Å²) >= 11 is 0. The average molecular weight is 340 g/mol. The molecule has 134 valence electrons. The summed E-state index contributed by atoms with van der Waals surface area (Å²) in [5.41, 5.74) is 2.25. The van der Waals surface area contributed by atoms with Gasteiger partial charge in [0, 0.05) is 56.5 Å². The van der Waals surface area contributed by atoms with Crippen LogP contribution in [0.4, 0.5) is 0 Å². The van der Waals surface area contributed by atoms with Crippen LogP contribution in [0.5, 0.6) is 0 Å². The Kier molecular flexibility index (Phi) is 4.61. The fraction of sp³-hybridized carbons (Fsp3) is 0.579. The first-order valence-corrected chi connectivity index (χ1v) is 9.37. The fourth-order valence-corrected chi connectivity index (χ4v) is 3.84. The molecule has 0 radical (unpaired) electrons. The molecule has 0 bridgehead atoms. The maximum Gasteiger partial charge on any atom is 0.191 e. The molecule has 3 heterocycles. The van der Waals surface area contributed by atoms with Crippen molar-refractivity contribution in [1.82, 2.24) is 25.5 Å². The monoisotopic (exact) mass is 340 g/mol. The van der Waals surface area contributed by atoms with Crippen LogP contribution in [0.1, 0.15) is 25.3 Å². The normalized spacial score (nSPS) is 24.8. The van der Waals surface area contributed by atoms with Gasteiger partial charge in [-0.3, -0.25) is 9.89 Å². The number of nitrogens with one attached hydrogen (secondary N) is 3. The van der Waals surface area contributed by atoms with Crippen molar-refractivity contribution in [3.05, 3.63) is 30.1 Å². The van der Waals surface area contributed by atoms with Gasteiger partial charge in [0.05, 0.1) is 0 Å². The molecule has 2 aliphatic rings. The molecule has 2 unspecified atom stereocenters. The predicted octanol–water partition coefficient (Wildman–Crippen LogP) is 1.75.